The van der Waals surface area contributed by atoms with Crippen molar-refractivity contribution < 1.29 is 19.2 Å². The fraction of sp³-hybridized carbons (Fsp3) is 0.0667. The molecule has 2 aromatic rings. The number of benzene rings is 2. The number of rotatable bonds is 5. The van der Waals surface area contributed by atoms with Gasteiger partial charge in [-0.05, 0) is 18.2 Å². The summed E-state index contributed by atoms with van der Waals surface area (Å²) in [5.74, 6) is -0.876. The third-order valence-corrected chi connectivity index (χ3v) is 2.77. The second-order valence-corrected chi connectivity index (χ2v) is 4.38. The Morgan fingerprint density at radius 3 is 2.35 bits per heavy atom. The molecule has 2 aromatic carbocycles. The third-order valence-electron chi connectivity index (χ3n) is 2.77. The van der Waals surface area contributed by atoms with E-state index in [0.29, 0.717) is 5.75 Å². The van der Waals surface area contributed by atoms with Crippen molar-refractivity contribution in [2.75, 3.05) is 6.61 Å². The number of carbonyl (C=O) groups is 2. The van der Waals surface area contributed by atoms with Crippen LogP contribution in [0.3, 0.4) is 0 Å². The maximum atomic E-state index is 11.9. The monoisotopic (exact) mass is 315 g/mol. The van der Waals surface area contributed by atoms with E-state index in [1.165, 1.54) is 24.3 Å². The quantitative estimate of drug-likeness (QED) is 0.640. The summed E-state index contributed by atoms with van der Waals surface area (Å²) in [4.78, 5) is 33.6. The van der Waals surface area contributed by atoms with E-state index in [4.69, 9.17) is 4.74 Å². The average molecular weight is 315 g/mol. The van der Waals surface area contributed by atoms with Gasteiger partial charge in [0.25, 0.3) is 17.5 Å². The van der Waals surface area contributed by atoms with Crippen molar-refractivity contribution in [2.24, 2.45) is 0 Å². The van der Waals surface area contributed by atoms with E-state index in [9.17, 15) is 19.7 Å². The lowest BCUT2D eigenvalue weighted by Gasteiger charge is -2.09. The number of para-hydroxylation sites is 2. The lowest BCUT2D eigenvalue weighted by molar-refractivity contribution is -0.385. The molecule has 0 unspecified atom stereocenters. The summed E-state index contributed by atoms with van der Waals surface area (Å²) in [6.45, 7) is -0.304. The molecule has 2 amide bonds. The van der Waals surface area contributed by atoms with Crippen LogP contribution < -0.4 is 15.6 Å². The molecule has 0 bridgehead atoms. The van der Waals surface area contributed by atoms with Crippen molar-refractivity contribution in [1.29, 1.82) is 0 Å². The third kappa shape index (κ3) is 4.53. The highest BCUT2D eigenvalue weighted by atomic mass is 16.6. The Morgan fingerprint density at radius 1 is 1.00 bits per heavy atom. The first kappa shape index (κ1) is 16.0. The summed E-state index contributed by atoms with van der Waals surface area (Å²) < 4.78 is 5.20. The zero-order valence-corrected chi connectivity index (χ0v) is 11.9. The predicted molar refractivity (Wildman–Crippen MR) is 80.6 cm³/mol. The van der Waals surface area contributed by atoms with Gasteiger partial charge in [-0.25, -0.2) is 0 Å². The van der Waals surface area contributed by atoms with Gasteiger partial charge in [0.05, 0.1) is 4.92 Å². The lowest BCUT2D eigenvalue weighted by atomic mass is 10.2. The minimum absolute atomic E-state index is 0.151. The largest absolute Gasteiger partial charge is 0.484 e. The number of amides is 2. The predicted octanol–water partition coefficient (Wildman–Crippen LogP) is 1.43. The van der Waals surface area contributed by atoms with Crippen molar-refractivity contribution in [3.8, 4) is 5.75 Å². The number of carbonyl (C=O) groups excluding carboxylic acids is 2. The molecule has 0 aliphatic heterocycles. The molecule has 2 rings (SSSR count). The summed E-state index contributed by atoms with van der Waals surface area (Å²) in [5, 5.41) is 10.8. The Labute approximate surface area is 131 Å². The first-order valence-electron chi connectivity index (χ1n) is 6.58. The van der Waals surface area contributed by atoms with Gasteiger partial charge in [0, 0.05) is 6.07 Å². The minimum Gasteiger partial charge on any atom is -0.484 e. The Balaban J connectivity index is 1.87. The van der Waals surface area contributed by atoms with Gasteiger partial charge in [-0.15, -0.1) is 0 Å². The highest BCUT2D eigenvalue weighted by Gasteiger charge is 2.19. The van der Waals surface area contributed by atoms with Crippen LogP contribution in [0, 0.1) is 10.1 Å². The van der Waals surface area contributed by atoms with Crippen LogP contribution in [0.25, 0.3) is 0 Å². The number of hydrazine groups is 1. The molecule has 8 heteroatoms. The number of nitrogens with one attached hydrogen (secondary N) is 2. The van der Waals surface area contributed by atoms with Gasteiger partial charge < -0.3 is 4.74 Å². The second kappa shape index (κ2) is 7.55. The van der Waals surface area contributed by atoms with Crippen LogP contribution in [-0.2, 0) is 4.79 Å². The minimum atomic E-state index is -0.787. The van der Waals surface area contributed by atoms with E-state index in [0.717, 1.165) is 0 Å². The molecule has 118 valence electrons. The first-order valence-corrected chi connectivity index (χ1v) is 6.58. The van der Waals surface area contributed by atoms with Gasteiger partial charge in [0.2, 0.25) is 0 Å². The normalized spacial score (nSPS) is 9.74. The van der Waals surface area contributed by atoms with Gasteiger partial charge >= 0.3 is 0 Å². The SMILES string of the molecule is O=C(COc1ccccc1)NNC(=O)c1ccccc1[N+](=O)[O-]. The molecule has 0 heterocycles. The topological polar surface area (TPSA) is 111 Å². The maximum absolute atomic E-state index is 11.9. The van der Waals surface area contributed by atoms with E-state index in [1.54, 1.807) is 30.3 Å². The van der Waals surface area contributed by atoms with Crippen LogP contribution in [-0.4, -0.2) is 23.3 Å². The summed E-state index contributed by atoms with van der Waals surface area (Å²) in [6, 6.07) is 14.1. The van der Waals surface area contributed by atoms with Crippen molar-refractivity contribution in [3.05, 3.63) is 70.3 Å². The molecule has 0 spiro atoms. The number of ether oxygens (including phenoxy) is 1. The van der Waals surface area contributed by atoms with Gasteiger partial charge in [-0.3, -0.25) is 30.6 Å². The highest BCUT2D eigenvalue weighted by Crippen LogP contribution is 2.16. The standard InChI is InChI=1S/C15H13N3O5/c19-14(10-23-11-6-2-1-3-7-11)16-17-15(20)12-8-4-5-9-13(12)18(21)22/h1-9H,10H2,(H,16,19)(H,17,20). The van der Waals surface area contributed by atoms with Gasteiger partial charge in [0.1, 0.15) is 11.3 Å². The first-order chi connectivity index (χ1) is 11.1. The Morgan fingerprint density at radius 2 is 1.65 bits per heavy atom. The molecular formula is C15H13N3O5. The van der Waals surface area contributed by atoms with Crippen LogP contribution in [0.2, 0.25) is 0 Å². The molecule has 0 aliphatic rings. The smallest absolute Gasteiger partial charge is 0.282 e. The number of hydrogen-bond donors (Lipinski definition) is 2. The molecule has 23 heavy (non-hydrogen) atoms. The van der Waals surface area contributed by atoms with Crippen LogP contribution in [0.5, 0.6) is 5.75 Å². The Bertz CT molecular complexity index is 718. The molecule has 0 saturated carbocycles. The number of nitro benzene ring substituents is 1. The fourth-order valence-corrected chi connectivity index (χ4v) is 1.72. The van der Waals surface area contributed by atoms with E-state index in [2.05, 4.69) is 10.9 Å². The molecular weight excluding hydrogens is 302 g/mol. The van der Waals surface area contributed by atoms with E-state index in [-0.39, 0.29) is 17.9 Å². The highest BCUT2D eigenvalue weighted by molar-refractivity contribution is 5.99. The Kier molecular flexibility index (Phi) is 5.24. The van der Waals surface area contributed by atoms with Gasteiger partial charge in [0.15, 0.2) is 6.61 Å². The number of nitro groups is 1. The summed E-state index contributed by atoms with van der Waals surface area (Å²) >= 11 is 0. The molecule has 0 aromatic heterocycles. The van der Waals surface area contributed by atoms with Crippen molar-refractivity contribution >= 4 is 17.5 Å². The zero-order chi connectivity index (χ0) is 16.7. The van der Waals surface area contributed by atoms with Crippen LogP contribution >= 0.6 is 0 Å². The van der Waals surface area contributed by atoms with E-state index >= 15 is 0 Å². The van der Waals surface area contributed by atoms with Crippen LogP contribution in [0.15, 0.2) is 54.6 Å². The Hall–Kier alpha value is -3.42. The maximum Gasteiger partial charge on any atom is 0.282 e. The summed E-state index contributed by atoms with van der Waals surface area (Å²) in [6.07, 6.45) is 0. The molecule has 0 saturated heterocycles. The van der Waals surface area contributed by atoms with Crippen molar-refractivity contribution in [2.45, 2.75) is 0 Å². The summed E-state index contributed by atoms with van der Waals surface area (Å²) in [5.41, 5.74) is 3.74. The average Bonchev–Trinajstić information content (AvgIpc) is 2.58. The molecule has 2 N–H and O–H groups in total. The number of hydrogen-bond acceptors (Lipinski definition) is 5. The van der Waals surface area contributed by atoms with Crippen LogP contribution in [0.4, 0.5) is 5.69 Å². The molecule has 0 radical (unpaired) electrons. The van der Waals surface area contributed by atoms with E-state index < -0.39 is 16.7 Å². The van der Waals surface area contributed by atoms with Crippen molar-refractivity contribution in [3.63, 3.8) is 0 Å². The molecule has 8 nitrogen and oxygen atoms in total. The zero-order valence-electron chi connectivity index (χ0n) is 11.9. The lowest BCUT2D eigenvalue weighted by Crippen LogP contribution is -2.44. The van der Waals surface area contributed by atoms with Gasteiger partial charge in [-0.1, -0.05) is 30.3 Å². The fourth-order valence-electron chi connectivity index (χ4n) is 1.72. The van der Waals surface area contributed by atoms with E-state index in [1.807, 2.05) is 0 Å². The van der Waals surface area contributed by atoms with Gasteiger partial charge in [-0.2, -0.15) is 0 Å². The molecule has 0 aliphatic carbocycles. The van der Waals surface area contributed by atoms with Crippen molar-refractivity contribution in [1.82, 2.24) is 10.9 Å². The molecule has 0 atom stereocenters. The number of nitrogens with zero attached hydrogens (tertiary/aromatic N) is 1. The van der Waals surface area contributed by atoms with Crippen LogP contribution in [0.1, 0.15) is 10.4 Å². The summed E-state index contributed by atoms with van der Waals surface area (Å²) in [7, 11) is 0. The molecule has 0 fully saturated rings. The second-order valence-electron chi connectivity index (χ2n) is 4.38.